The Balaban J connectivity index is 1.53. The van der Waals surface area contributed by atoms with Crippen LogP contribution in [0.5, 0.6) is 0 Å². The van der Waals surface area contributed by atoms with Gasteiger partial charge in [-0.15, -0.1) is 10.2 Å². The molecule has 168 valence electrons. The van der Waals surface area contributed by atoms with E-state index in [4.69, 9.17) is 0 Å². The van der Waals surface area contributed by atoms with Gasteiger partial charge in [0.1, 0.15) is 0 Å². The van der Waals surface area contributed by atoms with Gasteiger partial charge in [0.2, 0.25) is 11.7 Å². The largest absolute Gasteiger partial charge is 0.316 e. The molecule has 5 rings (SSSR count). The van der Waals surface area contributed by atoms with Crippen molar-refractivity contribution in [2.24, 2.45) is 0 Å². The summed E-state index contributed by atoms with van der Waals surface area (Å²) in [6.07, 6.45) is 5.25. The van der Waals surface area contributed by atoms with Gasteiger partial charge in [-0.05, 0) is 43.9 Å². The van der Waals surface area contributed by atoms with E-state index in [1.807, 2.05) is 70.8 Å². The number of para-hydroxylation sites is 1. The van der Waals surface area contributed by atoms with Crippen molar-refractivity contribution in [1.29, 1.82) is 0 Å². The zero-order valence-electron chi connectivity index (χ0n) is 18.5. The number of hydrogen-bond donors (Lipinski definition) is 0. The van der Waals surface area contributed by atoms with Crippen molar-refractivity contribution < 1.29 is 4.79 Å². The molecule has 1 aliphatic carbocycles. The van der Waals surface area contributed by atoms with Gasteiger partial charge in [0.25, 0.3) is 5.56 Å². The highest BCUT2D eigenvalue weighted by Gasteiger charge is 2.21. The zero-order valence-corrected chi connectivity index (χ0v) is 19.3. The molecule has 1 amide bonds. The molecular formula is C25H25N5O2S. The number of hydrogen-bond acceptors (Lipinski definition) is 5. The van der Waals surface area contributed by atoms with Crippen molar-refractivity contribution in [3.63, 3.8) is 0 Å². The monoisotopic (exact) mass is 459 g/mol. The van der Waals surface area contributed by atoms with E-state index in [0.29, 0.717) is 29.4 Å². The SMILES string of the molecule is CCN(C(=O)CSc1nnc2n(Cc3ccccc3)c(=O)c3ccccc3n12)C1=CCCC1. The summed E-state index contributed by atoms with van der Waals surface area (Å²) in [7, 11) is 0. The van der Waals surface area contributed by atoms with Crippen LogP contribution in [0.1, 0.15) is 31.7 Å². The Morgan fingerprint density at radius 1 is 1.09 bits per heavy atom. The number of benzene rings is 2. The first-order valence-corrected chi connectivity index (χ1v) is 12.2. The molecule has 4 aromatic rings. The highest BCUT2D eigenvalue weighted by molar-refractivity contribution is 7.99. The van der Waals surface area contributed by atoms with E-state index in [1.165, 1.54) is 11.8 Å². The quantitative estimate of drug-likeness (QED) is 0.389. The minimum absolute atomic E-state index is 0.0642. The predicted octanol–water partition coefficient (Wildman–Crippen LogP) is 4.10. The van der Waals surface area contributed by atoms with Gasteiger partial charge in [0.15, 0.2) is 5.16 Å². The minimum atomic E-state index is -0.104. The summed E-state index contributed by atoms with van der Waals surface area (Å²) in [6, 6.07) is 17.3. The summed E-state index contributed by atoms with van der Waals surface area (Å²) in [5.41, 5.74) is 2.77. The third kappa shape index (κ3) is 4.06. The molecule has 2 heterocycles. The Kier molecular flexibility index (Phi) is 6.00. The van der Waals surface area contributed by atoms with Crippen molar-refractivity contribution in [1.82, 2.24) is 24.1 Å². The molecule has 0 fully saturated rings. The van der Waals surface area contributed by atoms with Crippen molar-refractivity contribution in [2.75, 3.05) is 12.3 Å². The molecule has 0 N–H and O–H groups in total. The number of carbonyl (C=O) groups excluding carboxylic acids is 1. The number of fused-ring (bicyclic) bond motifs is 3. The van der Waals surface area contributed by atoms with Gasteiger partial charge in [0, 0.05) is 12.2 Å². The van der Waals surface area contributed by atoms with Crippen LogP contribution in [-0.4, -0.2) is 42.3 Å². The first-order valence-electron chi connectivity index (χ1n) is 11.2. The van der Waals surface area contributed by atoms with Crippen LogP contribution in [-0.2, 0) is 11.3 Å². The van der Waals surface area contributed by atoms with Crippen LogP contribution in [0.2, 0.25) is 0 Å². The van der Waals surface area contributed by atoms with Crippen molar-refractivity contribution in [2.45, 2.75) is 37.9 Å². The van der Waals surface area contributed by atoms with E-state index in [1.54, 1.807) is 4.57 Å². The van der Waals surface area contributed by atoms with Gasteiger partial charge in [-0.1, -0.05) is 60.3 Å². The summed E-state index contributed by atoms with van der Waals surface area (Å²) in [5, 5.41) is 9.94. The van der Waals surface area contributed by atoms with E-state index >= 15 is 0 Å². The maximum Gasteiger partial charge on any atom is 0.263 e. The Hall–Kier alpha value is -3.39. The molecule has 0 radical (unpaired) electrons. The molecule has 2 aromatic heterocycles. The van der Waals surface area contributed by atoms with E-state index in [0.717, 1.165) is 36.0 Å². The molecular weight excluding hydrogens is 434 g/mol. The van der Waals surface area contributed by atoms with E-state index in [2.05, 4.69) is 16.3 Å². The van der Waals surface area contributed by atoms with Crippen molar-refractivity contribution in [3.05, 3.63) is 82.3 Å². The number of rotatable bonds is 7. The lowest BCUT2D eigenvalue weighted by atomic mass is 10.2. The maximum atomic E-state index is 13.3. The van der Waals surface area contributed by atoms with Gasteiger partial charge >= 0.3 is 0 Å². The Bertz CT molecular complexity index is 1410. The highest BCUT2D eigenvalue weighted by atomic mass is 32.2. The number of amides is 1. The summed E-state index contributed by atoms with van der Waals surface area (Å²) >= 11 is 1.36. The van der Waals surface area contributed by atoms with Crippen molar-refractivity contribution in [3.8, 4) is 0 Å². The summed E-state index contributed by atoms with van der Waals surface area (Å²) < 4.78 is 3.54. The predicted molar refractivity (Wildman–Crippen MR) is 130 cm³/mol. The second-order valence-electron chi connectivity index (χ2n) is 8.03. The zero-order chi connectivity index (χ0) is 22.8. The van der Waals surface area contributed by atoms with Crippen LogP contribution >= 0.6 is 11.8 Å². The van der Waals surface area contributed by atoms with Crippen LogP contribution in [0.4, 0.5) is 0 Å². The fourth-order valence-electron chi connectivity index (χ4n) is 4.38. The Morgan fingerprint density at radius 3 is 2.64 bits per heavy atom. The van der Waals surface area contributed by atoms with E-state index in [-0.39, 0.29) is 17.2 Å². The lowest BCUT2D eigenvalue weighted by Gasteiger charge is -2.22. The van der Waals surface area contributed by atoms with Crippen LogP contribution in [0.3, 0.4) is 0 Å². The molecule has 7 nitrogen and oxygen atoms in total. The lowest BCUT2D eigenvalue weighted by molar-refractivity contribution is -0.126. The van der Waals surface area contributed by atoms with Crippen molar-refractivity contribution >= 4 is 34.3 Å². The number of allylic oxidation sites excluding steroid dienone is 2. The van der Waals surface area contributed by atoms with Gasteiger partial charge in [-0.2, -0.15) is 0 Å². The minimum Gasteiger partial charge on any atom is -0.316 e. The molecule has 0 saturated heterocycles. The summed E-state index contributed by atoms with van der Waals surface area (Å²) in [5.74, 6) is 0.802. The highest BCUT2D eigenvalue weighted by Crippen LogP contribution is 2.25. The van der Waals surface area contributed by atoms with Gasteiger partial charge in [-0.25, -0.2) is 0 Å². The fraction of sp³-hybridized carbons (Fsp3) is 0.280. The van der Waals surface area contributed by atoms with Gasteiger partial charge in [-0.3, -0.25) is 18.6 Å². The average Bonchev–Trinajstić information content (AvgIpc) is 3.52. The van der Waals surface area contributed by atoms with E-state index in [9.17, 15) is 9.59 Å². The van der Waals surface area contributed by atoms with Crippen LogP contribution < -0.4 is 5.56 Å². The molecule has 0 bridgehead atoms. The Labute approximate surface area is 195 Å². The maximum absolute atomic E-state index is 13.3. The topological polar surface area (TPSA) is 72.5 Å². The third-order valence-electron chi connectivity index (χ3n) is 5.97. The number of thioether (sulfide) groups is 1. The molecule has 0 spiro atoms. The standard InChI is InChI=1S/C25H25N5O2S/c1-2-28(19-12-6-7-13-19)22(31)17-33-25-27-26-24-29(16-18-10-4-3-5-11-18)23(32)20-14-8-9-15-21(20)30(24)25/h3-5,8-12,14-15H,2,6-7,13,16-17H2,1H3. The van der Waals surface area contributed by atoms with Gasteiger partial charge < -0.3 is 4.90 Å². The molecule has 0 aliphatic heterocycles. The molecule has 0 atom stereocenters. The first-order chi connectivity index (χ1) is 16.2. The molecule has 33 heavy (non-hydrogen) atoms. The first kappa shape index (κ1) is 21.5. The molecule has 0 unspecified atom stereocenters. The summed E-state index contributed by atoms with van der Waals surface area (Å²) in [4.78, 5) is 28.1. The van der Waals surface area contributed by atoms with Crippen LogP contribution in [0, 0.1) is 0 Å². The Morgan fingerprint density at radius 2 is 1.88 bits per heavy atom. The van der Waals surface area contributed by atoms with Gasteiger partial charge in [0.05, 0.1) is 23.2 Å². The van der Waals surface area contributed by atoms with Crippen LogP contribution in [0.15, 0.2) is 76.3 Å². The summed E-state index contributed by atoms with van der Waals surface area (Å²) in [6.45, 7) is 3.06. The molecule has 1 aliphatic rings. The normalized spacial score (nSPS) is 13.5. The van der Waals surface area contributed by atoms with E-state index < -0.39 is 0 Å². The smallest absolute Gasteiger partial charge is 0.263 e. The fourth-order valence-corrected chi connectivity index (χ4v) is 5.19. The molecule has 0 saturated carbocycles. The third-order valence-corrected chi connectivity index (χ3v) is 6.88. The van der Waals surface area contributed by atoms with Crippen LogP contribution in [0.25, 0.3) is 16.7 Å². The molecule has 8 heteroatoms. The number of nitrogens with zero attached hydrogens (tertiary/aromatic N) is 5. The second-order valence-corrected chi connectivity index (χ2v) is 8.97. The number of carbonyl (C=O) groups is 1. The average molecular weight is 460 g/mol. The molecule has 2 aromatic carbocycles. The number of aromatic nitrogens is 4. The second kappa shape index (κ2) is 9.23. The lowest BCUT2D eigenvalue weighted by Crippen LogP contribution is -2.31.